The number of benzene rings is 2. The highest BCUT2D eigenvalue weighted by Crippen LogP contribution is 2.18. The van der Waals surface area contributed by atoms with E-state index in [9.17, 15) is 0 Å². The third kappa shape index (κ3) is 1.83. The van der Waals surface area contributed by atoms with Gasteiger partial charge in [-0.15, -0.1) is 6.42 Å². The van der Waals surface area contributed by atoms with Gasteiger partial charge in [-0.3, -0.25) is 0 Å². The van der Waals surface area contributed by atoms with E-state index in [2.05, 4.69) is 15.9 Å². The number of hydrogen-bond donors (Lipinski definition) is 0. The molecule has 0 bridgehead atoms. The van der Waals surface area contributed by atoms with Gasteiger partial charge in [0.15, 0.2) is 5.82 Å². The quantitative estimate of drug-likeness (QED) is 0.599. The summed E-state index contributed by atoms with van der Waals surface area (Å²) in [6.45, 7) is 0. The number of para-hydroxylation sites is 1. The lowest BCUT2D eigenvalue weighted by atomic mass is 10.1. The van der Waals surface area contributed by atoms with Crippen molar-refractivity contribution in [2.75, 3.05) is 0 Å². The van der Waals surface area contributed by atoms with Gasteiger partial charge >= 0.3 is 0 Å². The third-order valence-corrected chi connectivity index (χ3v) is 2.80. The van der Waals surface area contributed by atoms with Crippen LogP contribution in [0.4, 0.5) is 0 Å². The Morgan fingerprint density at radius 2 is 1.72 bits per heavy atom. The highest BCUT2D eigenvalue weighted by molar-refractivity contribution is 5.79. The van der Waals surface area contributed by atoms with Crippen LogP contribution in [0, 0.1) is 12.3 Å². The van der Waals surface area contributed by atoms with Crippen LogP contribution in [-0.4, -0.2) is 9.97 Å². The zero-order chi connectivity index (χ0) is 12.4. The van der Waals surface area contributed by atoms with Gasteiger partial charge in [0.05, 0.1) is 5.52 Å². The molecular formula is C16H10N2. The summed E-state index contributed by atoms with van der Waals surface area (Å²) in [5.74, 6) is 3.31. The Labute approximate surface area is 105 Å². The molecule has 0 aliphatic rings. The Balaban J connectivity index is 2.10. The Bertz CT molecular complexity index is 737. The maximum absolute atomic E-state index is 5.33. The zero-order valence-corrected chi connectivity index (χ0v) is 9.67. The second kappa shape index (κ2) is 4.31. The molecule has 0 atom stereocenters. The first-order valence-corrected chi connectivity index (χ1v) is 5.66. The van der Waals surface area contributed by atoms with Crippen LogP contribution in [0.3, 0.4) is 0 Å². The van der Waals surface area contributed by atoms with E-state index in [0.29, 0.717) is 0 Å². The SMILES string of the molecule is C#Cc1ccc(-c2ncc3ccccc3n2)cc1. The molecule has 0 unspecified atom stereocenters. The lowest BCUT2D eigenvalue weighted by Gasteiger charge is -2.02. The minimum absolute atomic E-state index is 0.720. The summed E-state index contributed by atoms with van der Waals surface area (Å²) in [7, 11) is 0. The summed E-state index contributed by atoms with van der Waals surface area (Å²) in [6.07, 6.45) is 7.17. The molecular weight excluding hydrogens is 220 g/mol. The van der Waals surface area contributed by atoms with Crippen LogP contribution in [0.5, 0.6) is 0 Å². The third-order valence-electron chi connectivity index (χ3n) is 2.80. The standard InChI is InChI=1S/C16H10N2/c1-2-12-7-9-13(10-8-12)16-17-11-14-5-3-4-6-15(14)18-16/h1,3-11H. The number of rotatable bonds is 1. The molecule has 84 valence electrons. The van der Waals surface area contributed by atoms with Crippen molar-refractivity contribution in [3.05, 3.63) is 60.3 Å². The summed E-state index contributed by atoms with van der Waals surface area (Å²) in [6, 6.07) is 15.6. The predicted octanol–water partition coefficient (Wildman–Crippen LogP) is 3.28. The Hall–Kier alpha value is -2.66. The molecule has 2 heteroatoms. The van der Waals surface area contributed by atoms with Gasteiger partial charge in [0.2, 0.25) is 0 Å². The van der Waals surface area contributed by atoms with E-state index >= 15 is 0 Å². The van der Waals surface area contributed by atoms with Crippen molar-refractivity contribution in [3.63, 3.8) is 0 Å². The van der Waals surface area contributed by atoms with Gasteiger partial charge in [0.25, 0.3) is 0 Å². The largest absolute Gasteiger partial charge is 0.236 e. The van der Waals surface area contributed by atoms with Crippen molar-refractivity contribution < 1.29 is 0 Å². The summed E-state index contributed by atoms with van der Waals surface area (Å²) in [5, 5.41) is 1.04. The first-order chi connectivity index (χ1) is 8.86. The molecule has 0 saturated heterocycles. The fourth-order valence-corrected chi connectivity index (χ4v) is 1.83. The van der Waals surface area contributed by atoms with Crippen molar-refractivity contribution in [3.8, 4) is 23.7 Å². The fraction of sp³-hybridized carbons (Fsp3) is 0. The summed E-state index contributed by atoms with van der Waals surface area (Å²) in [5.41, 5.74) is 2.78. The second-order valence-electron chi connectivity index (χ2n) is 3.97. The molecule has 2 aromatic carbocycles. The molecule has 3 aromatic rings. The fourth-order valence-electron chi connectivity index (χ4n) is 1.83. The van der Waals surface area contributed by atoms with Crippen molar-refractivity contribution in [1.29, 1.82) is 0 Å². The van der Waals surface area contributed by atoms with Crippen molar-refractivity contribution >= 4 is 10.9 Å². The van der Waals surface area contributed by atoms with E-state index in [-0.39, 0.29) is 0 Å². The lowest BCUT2D eigenvalue weighted by molar-refractivity contribution is 1.23. The molecule has 1 heterocycles. The number of aromatic nitrogens is 2. The van der Waals surface area contributed by atoms with Crippen molar-refractivity contribution in [2.45, 2.75) is 0 Å². The molecule has 1 aromatic heterocycles. The average Bonchev–Trinajstić information content (AvgIpc) is 2.47. The van der Waals surface area contributed by atoms with Crippen LogP contribution in [0.25, 0.3) is 22.3 Å². The van der Waals surface area contributed by atoms with E-state index in [0.717, 1.165) is 27.9 Å². The van der Waals surface area contributed by atoms with Gasteiger partial charge in [-0.1, -0.05) is 24.1 Å². The van der Waals surface area contributed by atoms with Crippen LogP contribution in [-0.2, 0) is 0 Å². The zero-order valence-electron chi connectivity index (χ0n) is 9.67. The molecule has 18 heavy (non-hydrogen) atoms. The Morgan fingerprint density at radius 3 is 2.50 bits per heavy atom. The minimum Gasteiger partial charge on any atom is -0.236 e. The molecule has 0 spiro atoms. The maximum atomic E-state index is 5.33. The van der Waals surface area contributed by atoms with Gasteiger partial charge < -0.3 is 0 Å². The first-order valence-electron chi connectivity index (χ1n) is 5.66. The summed E-state index contributed by atoms with van der Waals surface area (Å²) >= 11 is 0. The van der Waals surface area contributed by atoms with Gasteiger partial charge in [0, 0.05) is 22.7 Å². The maximum Gasteiger partial charge on any atom is 0.159 e. The molecule has 0 saturated carbocycles. The van der Waals surface area contributed by atoms with Crippen molar-refractivity contribution in [2.24, 2.45) is 0 Å². The molecule has 0 aliphatic heterocycles. The summed E-state index contributed by atoms with van der Waals surface area (Å²) < 4.78 is 0. The van der Waals surface area contributed by atoms with Gasteiger partial charge in [0.1, 0.15) is 0 Å². The smallest absolute Gasteiger partial charge is 0.159 e. The summed E-state index contributed by atoms with van der Waals surface area (Å²) in [4.78, 5) is 8.91. The van der Waals surface area contributed by atoms with E-state index in [1.807, 2.05) is 54.7 Å². The number of nitrogens with zero attached hydrogens (tertiary/aromatic N) is 2. The van der Waals surface area contributed by atoms with E-state index in [1.54, 1.807) is 0 Å². The van der Waals surface area contributed by atoms with Gasteiger partial charge in [-0.05, 0) is 30.3 Å². The van der Waals surface area contributed by atoms with E-state index in [4.69, 9.17) is 6.42 Å². The molecule has 2 nitrogen and oxygen atoms in total. The topological polar surface area (TPSA) is 25.8 Å². The monoisotopic (exact) mass is 230 g/mol. The molecule has 0 fully saturated rings. The van der Waals surface area contributed by atoms with E-state index in [1.165, 1.54) is 0 Å². The average molecular weight is 230 g/mol. The van der Waals surface area contributed by atoms with Crippen LogP contribution in [0.15, 0.2) is 54.7 Å². The molecule has 0 N–H and O–H groups in total. The molecule has 0 amide bonds. The Morgan fingerprint density at radius 1 is 0.944 bits per heavy atom. The number of hydrogen-bond acceptors (Lipinski definition) is 2. The Kier molecular flexibility index (Phi) is 2.51. The number of terminal acetylenes is 1. The predicted molar refractivity (Wildman–Crippen MR) is 72.9 cm³/mol. The molecule has 0 aliphatic carbocycles. The first kappa shape index (κ1) is 10.5. The van der Waals surface area contributed by atoms with Crippen LogP contribution < -0.4 is 0 Å². The van der Waals surface area contributed by atoms with Crippen LogP contribution in [0.1, 0.15) is 5.56 Å². The minimum atomic E-state index is 0.720. The van der Waals surface area contributed by atoms with Gasteiger partial charge in [-0.25, -0.2) is 9.97 Å². The lowest BCUT2D eigenvalue weighted by Crippen LogP contribution is -1.89. The van der Waals surface area contributed by atoms with Gasteiger partial charge in [-0.2, -0.15) is 0 Å². The molecule has 0 radical (unpaired) electrons. The van der Waals surface area contributed by atoms with E-state index < -0.39 is 0 Å². The molecule has 3 rings (SSSR count). The van der Waals surface area contributed by atoms with Crippen LogP contribution in [0.2, 0.25) is 0 Å². The van der Waals surface area contributed by atoms with Crippen molar-refractivity contribution in [1.82, 2.24) is 9.97 Å². The normalized spacial score (nSPS) is 10.2. The second-order valence-corrected chi connectivity index (χ2v) is 3.97. The highest BCUT2D eigenvalue weighted by atomic mass is 14.9. The number of fused-ring (bicyclic) bond motifs is 1. The van der Waals surface area contributed by atoms with Crippen LogP contribution >= 0.6 is 0 Å². The highest BCUT2D eigenvalue weighted by Gasteiger charge is 2.02.